The van der Waals surface area contributed by atoms with Crippen LogP contribution in [0.15, 0.2) is 48.8 Å². The fraction of sp³-hybridized carbons (Fsp3) is 0.333. The standard InChI is InChI=1S/C24H23F4N7O/c1-15-29-14-35(32-15)21-10-7-17(12-20(21)25)30-23-31-22-19(4-2-3-11-34(22)33-23)16-5-8-18(9-6-16)36-13-24(26,27)28/h5-10,12,14,19H,2-4,11,13H2,1H3,(H,30,33). The van der Waals surface area contributed by atoms with Crippen LogP contribution in [0.1, 0.15) is 42.4 Å². The van der Waals surface area contributed by atoms with Gasteiger partial charge in [0.2, 0.25) is 5.95 Å². The zero-order valence-electron chi connectivity index (χ0n) is 19.3. The molecule has 0 spiro atoms. The van der Waals surface area contributed by atoms with Crippen molar-refractivity contribution in [3.8, 4) is 11.4 Å². The van der Waals surface area contributed by atoms with E-state index in [2.05, 4.69) is 25.5 Å². The molecule has 0 bridgehead atoms. The van der Waals surface area contributed by atoms with Gasteiger partial charge in [0, 0.05) is 18.2 Å². The third kappa shape index (κ3) is 5.31. The molecule has 3 heterocycles. The fourth-order valence-corrected chi connectivity index (χ4v) is 4.21. The average Bonchev–Trinajstić information content (AvgIpc) is 3.38. The third-order valence-corrected chi connectivity index (χ3v) is 5.87. The first-order valence-corrected chi connectivity index (χ1v) is 11.4. The lowest BCUT2D eigenvalue weighted by atomic mass is 9.93. The summed E-state index contributed by atoms with van der Waals surface area (Å²) in [5, 5.41) is 11.8. The zero-order chi connectivity index (χ0) is 25.3. The summed E-state index contributed by atoms with van der Waals surface area (Å²) in [6.45, 7) is 1.08. The van der Waals surface area contributed by atoms with Crippen LogP contribution in [0, 0.1) is 12.7 Å². The number of nitrogens with one attached hydrogen (secondary N) is 1. The first-order chi connectivity index (χ1) is 17.2. The van der Waals surface area contributed by atoms with E-state index in [1.807, 2.05) is 4.68 Å². The third-order valence-electron chi connectivity index (χ3n) is 5.87. The highest BCUT2D eigenvalue weighted by molar-refractivity contribution is 5.56. The van der Waals surface area contributed by atoms with Gasteiger partial charge in [0.15, 0.2) is 12.4 Å². The maximum atomic E-state index is 14.7. The van der Waals surface area contributed by atoms with E-state index in [0.717, 1.165) is 30.7 Å². The van der Waals surface area contributed by atoms with Crippen molar-refractivity contribution in [3.63, 3.8) is 0 Å². The minimum atomic E-state index is -4.39. The monoisotopic (exact) mass is 501 g/mol. The van der Waals surface area contributed by atoms with Crippen molar-refractivity contribution in [1.29, 1.82) is 0 Å². The van der Waals surface area contributed by atoms with E-state index >= 15 is 0 Å². The van der Waals surface area contributed by atoms with Crippen LogP contribution in [-0.4, -0.2) is 42.3 Å². The molecule has 0 saturated heterocycles. The highest BCUT2D eigenvalue weighted by atomic mass is 19.4. The summed E-state index contributed by atoms with van der Waals surface area (Å²) >= 11 is 0. The number of ether oxygens (including phenoxy) is 1. The molecule has 0 radical (unpaired) electrons. The summed E-state index contributed by atoms with van der Waals surface area (Å²) < 4.78 is 60.0. The van der Waals surface area contributed by atoms with E-state index < -0.39 is 18.6 Å². The first-order valence-electron chi connectivity index (χ1n) is 11.4. The molecule has 0 amide bonds. The molecular weight excluding hydrogens is 478 g/mol. The molecule has 1 N–H and O–H groups in total. The minimum absolute atomic E-state index is 0.0816. The quantitative estimate of drug-likeness (QED) is 0.361. The Bertz CT molecular complexity index is 1350. The molecule has 1 unspecified atom stereocenters. The predicted molar refractivity (Wildman–Crippen MR) is 123 cm³/mol. The number of nitrogens with zero attached hydrogens (tertiary/aromatic N) is 6. The Labute approximate surface area is 203 Å². The molecule has 12 heteroatoms. The van der Waals surface area contributed by atoms with E-state index in [1.54, 1.807) is 31.2 Å². The van der Waals surface area contributed by atoms with Crippen LogP contribution in [0.5, 0.6) is 5.75 Å². The van der Waals surface area contributed by atoms with Crippen molar-refractivity contribution in [2.24, 2.45) is 0 Å². The van der Waals surface area contributed by atoms with Gasteiger partial charge in [-0.05, 0) is 55.7 Å². The fourth-order valence-electron chi connectivity index (χ4n) is 4.21. The van der Waals surface area contributed by atoms with Gasteiger partial charge in [-0.25, -0.2) is 18.7 Å². The van der Waals surface area contributed by atoms with E-state index in [1.165, 1.54) is 29.2 Å². The minimum Gasteiger partial charge on any atom is -0.484 e. The van der Waals surface area contributed by atoms with E-state index in [0.29, 0.717) is 24.0 Å². The predicted octanol–water partition coefficient (Wildman–Crippen LogP) is 5.31. The number of rotatable bonds is 6. The lowest BCUT2D eigenvalue weighted by Crippen LogP contribution is -2.19. The molecule has 8 nitrogen and oxygen atoms in total. The Balaban J connectivity index is 1.34. The zero-order valence-corrected chi connectivity index (χ0v) is 19.3. The van der Waals surface area contributed by atoms with Gasteiger partial charge in [0.1, 0.15) is 29.4 Å². The van der Waals surface area contributed by atoms with E-state index in [4.69, 9.17) is 4.74 Å². The van der Waals surface area contributed by atoms with Gasteiger partial charge in [-0.2, -0.15) is 23.3 Å². The van der Waals surface area contributed by atoms with Crippen LogP contribution < -0.4 is 10.1 Å². The molecule has 5 rings (SSSR count). The molecule has 1 aliphatic rings. The highest BCUT2D eigenvalue weighted by Gasteiger charge is 2.29. The van der Waals surface area contributed by atoms with Gasteiger partial charge in [-0.15, -0.1) is 5.10 Å². The Hall–Kier alpha value is -3.96. The van der Waals surface area contributed by atoms with Gasteiger partial charge < -0.3 is 10.1 Å². The summed E-state index contributed by atoms with van der Waals surface area (Å²) in [4.78, 5) is 8.70. The number of anilines is 2. The van der Waals surface area contributed by atoms with Crippen LogP contribution in [-0.2, 0) is 6.54 Å². The van der Waals surface area contributed by atoms with Gasteiger partial charge in [0.05, 0.1) is 0 Å². The second kappa shape index (κ2) is 9.59. The molecule has 1 atom stereocenters. The normalized spacial score (nSPS) is 15.9. The molecule has 0 fully saturated rings. The number of benzene rings is 2. The van der Waals surface area contributed by atoms with Crippen molar-refractivity contribution < 1.29 is 22.3 Å². The van der Waals surface area contributed by atoms with Crippen LogP contribution in [0.3, 0.4) is 0 Å². The Morgan fingerprint density at radius 3 is 2.58 bits per heavy atom. The van der Waals surface area contributed by atoms with Crippen molar-refractivity contribution in [3.05, 3.63) is 71.8 Å². The van der Waals surface area contributed by atoms with Crippen molar-refractivity contribution in [2.75, 3.05) is 11.9 Å². The summed E-state index contributed by atoms with van der Waals surface area (Å²) in [7, 11) is 0. The van der Waals surface area contributed by atoms with Crippen molar-refractivity contribution >= 4 is 11.6 Å². The number of hydrogen-bond donors (Lipinski definition) is 1. The van der Waals surface area contributed by atoms with Crippen LogP contribution in [0.2, 0.25) is 0 Å². The number of aryl methyl sites for hydroxylation is 2. The Kier molecular flexibility index (Phi) is 6.33. The lowest BCUT2D eigenvalue weighted by molar-refractivity contribution is -0.153. The highest BCUT2D eigenvalue weighted by Crippen LogP contribution is 2.33. The largest absolute Gasteiger partial charge is 0.484 e. The molecule has 1 aliphatic heterocycles. The molecule has 0 saturated carbocycles. The summed E-state index contributed by atoms with van der Waals surface area (Å²) in [6, 6.07) is 11.2. The molecule has 188 valence electrons. The second-order valence-corrected chi connectivity index (χ2v) is 8.57. The number of alkyl halides is 3. The topological polar surface area (TPSA) is 82.7 Å². The van der Waals surface area contributed by atoms with Crippen LogP contribution in [0.4, 0.5) is 29.2 Å². The lowest BCUT2D eigenvalue weighted by Gasteiger charge is -2.15. The smallest absolute Gasteiger partial charge is 0.422 e. The summed E-state index contributed by atoms with van der Waals surface area (Å²) in [6.07, 6.45) is -0.247. The summed E-state index contributed by atoms with van der Waals surface area (Å²) in [5.41, 5.74) is 1.67. The van der Waals surface area contributed by atoms with Gasteiger partial charge in [-0.3, -0.25) is 0 Å². The van der Waals surface area contributed by atoms with Crippen LogP contribution in [0.25, 0.3) is 5.69 Å². The molecule has 2 aromatic heterocycles. The number of aromatic nitrogens is 6. The van der Waals surface area contributed by atoms with E-state index in [9.17, 15) is 17.6 Å². The number of hydrogen-bond acceptors (Lipinski definition) is 6. The molecular formula is C24H23F4N7O. The molecule has 0 aliphatic carbocycles. The first kappa shape index (κ1) is 23.8. The molecule has 36 heavy (non-hydrogen) atoms. The Morgan fingerprint density at radius 2 is 1.89 bits per heavy atom. The molecule has 4 aromatic rings. The number of halogens is 4. The van der Waals surface area contributed by atoms with Gasteiger partial charge in [-0.1, -0.05) is 18.6 Å². The average molecular weight is 501 g/mol. The van der Waals surface area contributed by atoms with Crippen LogP contribution >= 0.6 is 0 Å². The Morgan fingerprint density at radius 1 is 1.08 bits per heavy atom. The molecule has 2 aromatic carbocycles. The van der Waals surface area contributed by atoms with Gasteiger partial charge >= 0.3 is 6.18 Å². The second-order valence-electron chi connectivity index (χ2n) is 8.57. The SMILES string of the molecule is Cc1ncn(-c2ccc(Nc3nc4n(n3)CCCCC4c3ccc(OCC(F)(F)F)cc3)cc2F)n1. The van der Waals surface area contributed by atoms with E-state index in [-0.39, 0.29) is 17.4 Å². The summed E-state index contributed by atoms with van der Waals surface area (Å²) in [5.74, 6) is 1.22. The van der Waals surface area contributed by atoms with Crippen molar-refractivity contribution in [2.45, 2.75) is 44.8 Å². The maximum absolute atomic E-state index is 14.7. The maximum Gasteiger partial charge on any atom is 0.422 e. The van der Waals surface area contributed by atoms with Crippen molar-refractivity contribution in [1.82, 2.24) is 29.5 Å². The number of fused-ring (bicyclic) bond motifs is 1. The van der Waals surface area contributed by atoms with Gasteiger partial charge in [0.25, 0.3) is 0 Å².